The third kappa shape index (κ3) is 8.88. The molecule has 3 heterocycles. The van der Waals surface area contributed by atoms with Crippen molar-refractivity contribution in [1.82, 2.24) is 29.3 Å². The van der Waals surface area contributed by atoms with E-state index in [0.717, 1.165) is 24.0 Å². The van der Waals surface area contributed by atoms with Crippen LogP contribution in [0.25, 0.3) is 11.2 Å². The van der Waals surface area contributed by atoms with Gasteiger partial charge in [0.15, 0.2) is 17.0 Å². The lowest BCUT2D eigenvalue weighted by Gasteiger charge is -2.36. The molecule has 214 valence electrons. The number of aromatic amines is 1. The van der Waals surface area contributed by atoms with Crippen molar-refractivity contribution < 1.29 is 0 Å². The molecule has 1 aliphatic rings. The molecule has 0 saturated carbocycles. The van der Waals surface area contributed by atoms with Crippen LogP contribution >= 0.6 is 11.6 Å². The molecule has 0 aliphatic carbocycles. The standard InChI is InChI=1S/C16H25ClN2.C13H19N5O2/c1-3-10-18(2)16-8-11-19(12-9-16)13-14-4-6-15(17)7-5-14;1-4-8(3)6-14-11-12(19)16-9-10(17-11)15-7-18(5-2)13(9)20/h4-7,16H,3,8-13H2,1-2H3;7-8H,4-6H2,1-3H3,(H,14,17)(H,16,19). The third-order valence-electron chi connectivity index (χ3n) is 7.42. The lowest BCUT2D eigenvalue weighted by atomic mass is 10.0. The normalized spacial score (nSPS) is 15.3. The minimum atomic E-state index is -0.395. The fourth-order valence-electron chi connectivity index (χ4n) is 4.67. The lowest BCUT2D eigenvalue weighted by Crippen LogP contribution is -2.43. The summed E-state index contributed by atoms with van der Waals surface area (Å²) in [6.45, 7) is 14.1. The first kappa shape index (κ1) is 30.8. The van der Waals surface area contributed by atoms with E-state index in [1.54, 1.807) is 0 Å². The van der Waals surface area contributed by atoms with E-state index in [9.17, 15) is 9.59 Å². The molecule has 1 fully saturated rings. The zero-order valence-corrected chi connectivity index (χ0v) is 24.8. The zero-order valence-electron chi connectivity index (χ0n) is 24.0. The van der Waals surface area contributed by atoms with Crippen molar-refractivity contribution >= 4 is 28.6 Å². The van der Waals surface area contributed by atoms with Gasteiger partial charge in [-0.3, -0.25) is 19.1 Å². The van der Waals surface area contributed by atoms with Crippen LogP contribution in [0, 0.1) is 5.92 Å². The summed E-state index contributed by atoms with van der Waals surface area (Å²) in [6.07, 6.45) is 6.29. The van der Waals surface area contributed by atoms with Gasteiger partial charge >= 0.3 is 0 Å². The Morgan fingerprint density at radius 1 is 1.15 bits per heavy atom. The van der Waals surface area contributed by atoms with Crippen LogP contribution in [0.3, 0.4) is 0 Å². The summed E-state index contributed by atoms with van der Waals surface area (Å²) in [4.78, 5) is 39.8. The molecular formula is C29H44ClN7O2. The van der Waals surface area contributed by atoms with E-state index < -0.39 is 5.56 Å². The van der Waals surface area contributed by atoms with Gasteiger partial charge in [-0.1, -0.05) is 50.9 Å². The number of aromatic nitrogens is 4. The first-order chi connectivity index (χ1) is 18.7. The Morgan fingerprint density at radius 2 is 1.85 bits per heavy atom. The van der Waals surface area contributed by atoms with Crippen molar-refractivity contribution in [2.45, 2.75) is 72.5 Å². The average molecular weight is 558 g/mol. The van der Waals surface area contributed by atoms with Gasteiger partial charge in [0, 0.05) is 30.7 Å². The van der Waals surface area contributed by atoms with E-state index in [2.05, 4.69) is 70.0 Å². The number of piperidine rings is 1. The summed E-state index contributed by atoms with van der Waals surface area (Å²) >= 11 is 5.92. The van der Waals surface area contributed by atoms with E-state index in [0.29, 0.717) is 19.0 Å². The minimum Gasteiger partial charge on any atom is -0.365 e. The van der Waals surface area contributed by atoms with Crippen LogP contribution < -0.4 is 16.4 Å². The lowest BCUT2D eigenvalue weighted by molar-refractivity contribution is 0.123. The molecule has 9 nitrogen and oxygen atoms in total. The van der Waals surface area contributed by atoms with Crippen molar-refractivity contribution in [2.75, 3.05) is 38.5 Å². The minimum absolute atomic E-state index is 0.147. The first-order valence-corrected chi connectivity index (χ1v) is 14.5. The number of hydrogen-bond donors (Lipinski definition) is 2. The number of nitrogens with one attached hydrogen (secondary N) is 2. The third-order valence-corrected chi connectivity index (χ3v) is 7.67. The smallest absolute Gasteiger partial charge is 0.291 e. The molecule has 1 aromatic carbocycles. The Kier molecular flexibility index (Phi) is 12.0. The zero-order chi connectivity index (χ0) is 28.4. The van der Waals surface area contributed by atoms with Crippen LogP contribution in [0.5, 0.6) is 0 Å². The monoisotopic (exact) mass is 557 g/mol. The molecule has 2 N–H and O–H groups in total. The summed E-state index contributed by atoms with van der Waals surface area (Å²) in [5.74, 6) is 0.645. The summed E-state index contributed by atoms with van der Waals surface area (Å²) < 4.78 is 1.42. The molecule has 0 bridgehead atoms. The predicted molar refractivity (Wildman–Crippen MR) is 161 cm³/mol. The number of hydrogen-bond acceptors (Lipinski definition) is 7. The number of aryl methyl sites for hydroxylation is 1. The van der Waals surface area contributed by atoms with Crippen LogP contribution in [0.4, 0.5) is 5.82 Å². The Morgan fingerprint density at radius 3 is 2.46 bits per heavy atom. The molecule has 39 heavy (non-hydrogen) atoms. The number of H-pyrrole nitrogens is 1. The average Bonchev–Trinajstić information content (AvgIpc) is 2.94. The highest BCUT2D eigenvalue weighted by atomic mass is 35.5. The Labute approximate surface area is 236 Å². The van der Waals surface area contributed by atoms with E-state index >= 15 is 0 Å². The second kappa shape index (κ2) is 15.1. The quantitative estimate of drug-likeness (QED) is 0.376. The van der Waals surface area contributed by atoms with Crippen molar-refractivity contribution in [3.8, 4) is 0 Å². The molecule has 2 aromatic heterocycles. The van der Waals surface area contributed by atoms with Gasteiger partial charge in [-0.2, -0.15) is 0 Å². The Bertz CT molecular complexity index is 1280. The van der Waals surface area contributed by atoms with E-state index in [1.807, 2.05) is 19.1 Å². The second-order valence-corrected chi connectivity index (χ2v) is 10.9. The molecule has 0 amide bonds. The number of likely N-dealkylation sites (tertiary alicyclic amines) is 1. The maximum absolute atomic E-state index is 12.0. The number of benzene rings is 1. The molecule has 4 rings (SSSR count). The summed E-state index contributed by atoms with van der Waals surface area (Å²) in [7, 11) is 2.27. The van der Waals surface area contributed by atoms with Gasteiger partial charge in [0.25, 0.3) is 11.1 Å². The summed E-state index contributed by atoms with van der Waals surface area (Å²) in [5, 5.41) is 3.82. The fraction of sp³-hybridized carbons (Fsp3) is 0.586. The highest BCUT2D eigenvalue weighted by Gasteiger charge is 2.21. The van der Waals surface area contributed by atoms with Gasteiger partial charge in [0.2, 0.25) is 0 Å². The molecule has 1 atom stereocenters. The number of rotatable bonds is 10. The van der Waals surface area contributed by atoms with Crippen molar-refractivity contribution in [1.29, 1.82) is 0 Å². The van der Waals surface area contributed by atoms with Gasteiger partial charge in [0.1, 0.15) is 6.33 Å². The number of nitrogens with zero attached hydrogens (tertiary/aromatic N) is 5. The number of fused-ring (bicyclic) bond motifs is 1. The van der Waals surface area contributed by atoms with Crippen molar-refractivity contribution in [3.05, 3.63) is 61.9 Å². The van der Waals surface area contributed by atoms with E-state index in [-0.39, 0.29) is 22.5 Å². The largest absolute Gasteiger partial charge is 0.365 e. The van der Waals surface area contributed by atoms with Gasteiger partial charge in [0.05, 0.1) is 0 Å². The molecular weight excluding hydrogens is 514 g/mol. The molecule has 1 saturated heterocycles. The topological polar surface area (TPSA) is 99.1 Å². The van der Waals surface area contributed by atoms with Crippen LogP contribution in [0.15, 0.2) is 40.2 Å². The Hall–Kier alpha value is -2.75. The molecule has 0 spiro atoms. The molecule has 1 unspecified atom stereocenters. The number of anilines is 1. The van der Waals surface area contributed by atoms with Gasteiger partial charge < -0.3 is 15.2 Å². The van der Waals surface area contributed by atoms with E-state index in [4.69, 9.17) is 11.6 Å². The van der Waals surface area contributed by atoms with Gasteiger partial charge in [-0.15, -0.1) is 0 Å². The highest BCUT2D eigenvalue weighted by molar-refractivity contribution is 6.30. The van der Waals surface area contributed by atoms with Crippen LogP contribution in [0.2, 0.25) is 5.02 Å². The van der Waals surface area contributed by atoms with Gasteiger partial charge in [-0.05, 0) is 76.5 Å². The highest BCUT2D eigenvalue weighted by Crippen LogP contribution is 2.18. The molecule has 0 radical (unpaired) electrons. The second-order valence-electron chi connectivity index (χ2n) is 10.5. The predicted octanol–water partition coefficient (Wildman–Crippen LogP) is 4.60. The van der Waals surface area contributed by atoms with Crippen LogP contribution in [0.1, 0.15) is 58.9 Å². The molecule has 3 aromatic rings. The molecule has 1 aliphatic heterocycles. The SMILES string of the molecule is CCC(C)CNc1nc2ncn(CC)c(=O)c2[nH]c1=O.CCCN(C)C1CCN(Cc2ccc(Cl)cc2)CC1. The fourth-order valence-corrected chi connectivity index (χ4v) is 4.79. The molecule has 10 heteroatoms. The maximum atomic E-state index is 12.0. The van der Waals surface area contributed by atoms with Crippen molar-refractivity contribution in [2.24, 2.45) is 5.92 Å². The van der Waals surface area contributed by atoms with Crippen molar-refractivity contribution in [3.63, 3.8) is 0 Å². The summed E-state index contributed by atoms with van der Waals surface area (Å²) in [6, 6.07) is 9.02. The van der Waals surface area contributed by atoms with E-state index in [1.165, 1.54) is 55.4 Å². The maximum Gasteiger partial charge on any atom is 0.291 e. The van der Waals surface area contributed by atoms with Gasteiger partial charge in [-0.25, -0.2) is 9.97 Å². The van der Waals surface area contributed by atoms with Crippen LogP contribution in [-0.4, -0.2) is 68.6 Å². The number of halogens is 1. The first-order valence-electron chi connectivity index (χ1n) is 14.2. The summed E-state index contributed by atoms with van der Waals surface area (Å²) in [5.41, 5.74) is 1.09. The Balaban J connectivity index is 0.000000216. The van der Waals surface area contributed by atoms with Crippen LogP contribution in [-0.2, 0) is 13.1 Å².